The van der Waals surface area contributed by atoms with E-state index in [1.165, 1.54) is 0 Å². The van der Waals surface area contributed by atoms with Gasteiger partial charge >= 0.3 is 0 Å². The van der Waals surface area contributed by atoms with Gasteiger partial charge in [0.1, 0.15) is 0 Å². The zero-order valence-corrected chi connectivity index (χ0v) is 17.1. The molecule has 0 saturated carbocycles. The van der Waals surface area contributed by atoms with Gasteiger partial charge in [-0.1, -0.05) is 41.9 Å². The molecule has 1 atom stereocenters. The van der Waals surface area contributed by atoms with Gasteiger partial charge in [0.15, 0.2) is 0 Å². The predicted octanol–water partition coefficient (Wildman–Crippen LogP) is 4.67. The molecule has 5 heteroatoms. The lowest BCUT2D eigenvalue weighted by molar-refractivity contribution is -0.131. The highest BCUT2D eigenvalue weighted by atomic mass is 35.5. The predicted molar refractivity (Wildman–Crippen MR) is 115 cm³/mol. The number of rotatable bonds is 5. The molecule has 4 rings (SSSR count). The summed E-state index contributed by atoms with van der Waals surface area (Å²) in [5.41, 5.74) is 4.11. The summed E-state index contributed by atoms with van der Waals surface area (Å²) in [5.74, 6) is 0.433. The minimum Gasteiger partial charge on any atom is -0.342 e. The van der Waals surface area contributed by atoms with E-state index in [1.807, 2.05) is 47.4 Å². The molecule has 1 aliphatic rings. The summed E-state index contributed by atoms with van der Waals surface area (Å²) in [4.78, 5) is 23.7. The number of likely N-dealkylation sites (tertiary alicyclic amines) is 1. The van der Waals surface area contributed by atoms with Crippen LogP contribution in [0, 0.1) is 0 Å². The smallest absolute Gasteiger partial charge is 0.227 e. The maximum Gasteiger partial charge on any atom is 0.227 e. The molecule has 4 nitrogen and oxygen atoms in total. The standard InChI is InChI=1S/C24H24ClN3O/c25-22-10-2-1-7-19(22)15-21-9-3-11-23(27-21)20-8-5-13-28(17-20)24(29)14-18-6-4-12-26-16-18/h1-4,6-7,9-12,16,20H,5,8,13-15,17H2/t20-/m0/s1. The number of amides is 1. The van der Waals surface area contributed by atoms with Crippen LogP contribution < -0.4 is 0 Å². The van der Waals surface area contributed by atoms with E-state index in [4.69, 9.17) is 16.6 Å². The molecular formula is C24H24ClN3O. The van der Waals surface area contributed by atoms with E-state index in [9.17, 15) is 4.79 Å². The van der Waals surface area contributed by atoms with Crippen LogP contribution in [0.2, 0.25) is 5.02 Å². The van der Waals surface area contributed by atoms with E-state index in [0.29, 0.717) is 12.8 Å². The first-order valence-electron chi connectivity index (χ1n) is 10.0. The molecule has 3 heterocycles. The first kappa shape index (κ1) is 19.6. The summed E-state index contributed by atoms with van der Waals surface area (Å²) in [6.45, 7) is 1.54. The normalized spacial score (nSPS) is 16.6. The molecule has 2 aromatic heterocycles. The Balaban J connectivity index is 1.44. The first-order valence-corrected chi connectivity index (χ1v) is 10.4. The summed E-state index contributed by atoms with van der Waals surface area (Å²) < 4.78 is 0. The third-order valence-electron chi connectivity index (χ3n) is 5.43. The van der Waals surface area contributed by atoms with Crippen LogP contribution >= 0.6 is 11.6 Å². The molecule has 0 spiro atoms. The Bertz CT molecular complexity index is 977. The molecule has 0 unspecified atom stereocenters. The molecule has 1 aromatic carbocycles. The van der Waals surface area contributed by atoms with Crippen LogP contribution in [0.4, 0.5) is 0 Å². The van der Waals surface area contributed by atoms with Gasteiger partial charge in [-0.05, 0) is 48.2 Å². The Morgan fingerprint density at radius 2 is 2.00 bits per heavy atom. The highest BCUT2D eigenvalue weighted by molar-refractivity contribution is 6.31. The van der Waals surface area contributed by atoms with E-state index < -0.39 is 0 Å². The number of pyridine rings is 2. The fourth-order valence-corrected chi connectivity index (χ4v) is 4.10. The Morgan fingerprint density at radius 3 is 2.83 bits per heavy atom. The zero-order chi connectivity index (χ0) is 20.1. The molecule has 1 saturated heterocycles. The SMILES string of the molecule is O=C(Cc1cccnc1)N1CCC[C@H](c2cccc(Cc3ccccc3Cl)n2)C1. The Morgan fingerprint density at radius 1 is 1.10 bits per heavy atom. The Hall–Kier alpha value is -2.72. The third kappa shape index (κ3) is 5.01. The maximum atomic E-state index is 12.8. The van der Waals surface area contributed by atoms with Gasteiger partial charge in [0.05, 0.1) is 6.42 Å². The van der Waals surface area contributed by atoms with Gasteiger partial charge in [-0.25, -0.2) is 0 Å². The largest absolute Gasteiger partial charge is 0.342 e. The van der Waals surface area contributed by atoms with E-state index in [0.717, 1.165) is 53.5 Å². The molecule has 148 valence electrons. The molecular weight excluding hydrogens is 382 g/mol. The van der Waals surface area contributed by atoms with Crippen LogP contribution in [0.15, 0.2) is 67.0 Å². The van der Waals surface area contributed by atoms with Crippen LogP contribution in [0.3, 0.4) is 0 Å². The number of nitrogens with zero attached hydrogens (tertiary/aromatic N) is 3. The van der Waals surface area contributed by atoms with Gasteiger partial charge in [0.25, 0.3) is 0 Å². The number of hydrogen-bond acceptors (Lipinski definition) is 3. The van der Waals surface area contributed by atoms with Crippen molar-refractivity contribution in [1.29, 1.82) is 0 Å². The highest BCUT2D eigenvalue weighted by Crippen LogP contribution is 2.27. The van der Waals surface area contributed by atoms with Crippen molar-refractivity contribution in [2.45, 2.75) is 31.6 Å². The van der Waals surface area contributed by atoms with Crippen molar-refractivity contribution in [1.82, 2.24) is 14.9 Å². The van der Waals surface area contributed by atoms with E-state index in [2.05, 4.69) is 17.1 Å². The quantitative estimate of drug-likeness (QED) is 0.619. The summed E-state index contributed by atoms with van der Waals surface area (Å²) >= 11 is 6.31. The molecule has 0 aliphatic carbocycles. The van der Waals surface area contributed by atoms with Crippen LogP contribution in [0.25, 0.3) is 0 Å². The molecule has 0 bridgehead atoms. The summed E-state index contributed by atoms with van der Waals surface area (Å²) in [6.07, 6.45) is 6.66. The average molecular weight is 406 g/mol. The van der Waals surface area contributed by atoms with Gasteiger partial charge in [0, 0.05) is 54.2 Å². The van der Waals surface area contributed by atoms with Gasteiger partial charge in [0.2, 0.25) is 5.91 Å². The van der Waals surface area contributed by atoms with Gasteiger partial charge < -0.3 is 4.90 Å². The number of piperidine rings is 1. The second-order valence-electron chi connectivity index (χ2n) is 7.54. The molecule has 1 fully saturated rings. The monoisotopic (exact) mass is 405 g/mol. The van der Waals surface area contributed by atoms with Crippen molar-refractivity contribution >= 4 is 17.5 Å². The fourth-order valence-electron chi connectivity index (χ4n) is 3.90. The second-order valence-corrected chi connectivity index (χ2v) is 7.95. The molecule has 1 aliphatic heterocycles. The number of aromatic nitrogens is 2. The summed E-state index contributed by atoms with van der Waals surface area (Å²) in [6, 6.07) is 17.9. The summed E-state index contributed by atoms with van der Waals surface area (Å²) in [5, 5.41) is 0.768. The van der Waals surface area contributed by atoms with Crippen molar-refractivity contribution in [3.05, 3.63) is 94.5 Å². The lowest BCUT2D eigenvalue weighted by Gasteiger charge is -2.32. The number of hydrogen-bond donors (Lipinski definition) is 0. The lowest BCUT2D eigenvalue weighted by Crippen LogP contribution is -2.40. The van der Waals surface area contributed by atoms with Gasteiger partial charge in [-0.15, -0.1) is 0 Å². The van der Waals surface area contributed by atoms with Crippen molar-refractivity contribution in [3.63, 3.8) is 0 Å². The average Bonchev–Trinajstić information content (AvgIpc) is 2.76. The van der Waals surface area contributed by atoms with Crippen LogP contribution in [0.1, 0.15) is 41.3 Å². The zero-order valence-electron chi connectivity index (χ0n) is 16.3. The van der Waals surface area contributed by atoms with Gasteiger partial charge in [-0.2, -0.15) is 0 Å². The first-order chi connectivity index (χ1) is 14.2. The minimum atomic E-state index is 0.162. The Kier molecular flexibility index (Phi) is 6.20. The third-order valence-corrected chi connectivity index (χ3v) is 5.80. The fraction of sp³-hybridized carbons (Fsp3) is 0.292. The topological polar surface area (TPSA) is 46.1 Å². The number of carbonyl (C=O) groups excluding carboxylic acids is 1. The highest BCUT2D eigenvalue weighted by Gasteiger charge is 2.25. The maximum absolute atomic E-state index is 12.8. The minimum absolute atomic E-state index is 0.162. The second kappa shape index (κ2) is 9.19. The van der Waals surface area contributed by atoms with Crippen molar-refractivity contribution in [3.8, 4) is 0 Å². The van der Waals surface area contributed by atoms with Gasteiger partial charge in [-0.3, -0.25) is 14.8 Å². The molecule has 3 aromatic rings. The van der Waals surface area contributed by atoms with Crippen LogP contribution in [-0.2, 0) is 17.6 Å². The lowest BCUT2D eigenvalue weighted by atomic mass is 9.93. The molecule has 29 heavy (non-hydrogen) atoms. The molecule has 0 N–H and O–H groups in total. The number of carbonyl (C=O) groups is 1. The van der Waals surface area contributed by atoms with Crippen molar-refractivity contribution < 1.29 is 4.79 Å². The molecule has 0 radical (unpaired) electrons. The summed E-state index contributed by atoms with van der Waals surface area (Å²) in [7, 11) is 0. The van der Waals surface area contributed by atoms with E-state index >= 15 is 0 Å². The Labute approximate surface area is 176 Å². The number of benzene rings is 1. The van der Waals surface area contributed by atoms with E-state index in [1.54, 1.807) is 12.4 Å². The van der Waals surface area contributed by atoms with Crippen LogP contribution in [-0.4, -0.2) is 33.9 Å². The van der Waals surface area contributed by atoms with E-state index in [-0.39, 0.29) is 11.8 Å². The van der Waals surface area contributed by atoms with Crippen LogP contribution in [0.5, 0.6) is 0 Å². The molecule has 1 amide bonds. The number of halogens is 1. The van der Waals surface area contributed by atoms with Crippen molar-refractivity contribution in [2.75, 3.05) is 13.1 Å². The van der Waals surface area contributed by atoms with Crippen molar-refractivity contribution in [2.24, 2.45) is 0 Å².